The summed E-state index contributed by atoms with van der Waals surface area (Å²) < 4.78 is 18.8. The van der Waals surface area contributed by atoms with E-state index in [9.17, 15) is 9.36 Å². The monoisotopic (exact) mass is 344 g/mol. The van der Waals surface area contributed by atoms with Gasteiger partial charge in [0.1, 0.15) is 0 Å². The lowest BCUT2D eigenvalue weighted by Gasteiger charge is -2.20. The molecular weight excluding hydrogens is 319 g/mol. The van der Waals surface area contributed by atoms with Gasteiger partial charge in [0.05, 0.1) is 6.61 Å². The number of hydrogen-bond donors (Lipinski definition) is 0. The van der Waals surface area contributed by atoms with Crippen molar-refractivity contribution < 1.29 is 13.9 Å². The van der Waals surface area contributed by atoms with E-state index in [1.54, 1.807) is 12.1 Å². The van der Waals surface area contributed by atoms with Crippen LogP contribution in [0.5, 0.6) is 0 Å². The Bertz CT molecular complexity index is 785. The largest absolute Gasteiger partial charge is 0.326 e. The first-order chi connectivity index (χ1) is 11.3. The van der Waals surface area contributed by atoms with Crippen molar-refractivity contribution in [3.8, 4) is 0 Å². The predicted molar refractivity (Wildman–Crippen MR) is 99.9 cm³/mol. The Kier molecular flexibility index (Phi) is 5.79. The molecule has 1 atom stereocenters. The first-order valence-corrected chi connectivity index (χ1v) is 10.1. The fourth-order valence-electron chi connectivity index (χ4n) is 3.18. The van der Waals surface area contributed by atoms with Crippen molar-refractivity contribution in [2.24, 2.45) is 0 Å². The summed E-state index contributed by atoms with van der Waals surface area (Å²) >= 11 is 0. The van der Waals surface area contributed by atoms with E-state index < -0.39 is 7.37 Å². The molecule has 24 heavy (non-hydrogen) atoms. The van der Waals surface area contributed by atoms with Crippen LogP contribution in [0.25, 0.3) is 0 Å². The molecule has 0 saturated carbocycles. The maximum atomic E-state index is 13.2. The Balaban J connectivity index is 2.63. The number of rotatable bonds is 6. The first kappa shape index (κ1) is 18.6. The zero-order chi connectivity index (χ0) is 17.9. The molecule has 128 valence electrons. The Morgan fingerprint density at radius 2 is 1.62 bits per heavy atom. The van der Waals surface area contributed by atoms with E-state index in [4.69, 9.17) is 4.52 Å². The summed E-state index contributed by atoms with van der Waals surface area (Å²) in [5.74, 6) is -0.0889. The van der Waals surface area contributed by atoms with Gasteiger partial charge in [-0.05, 0) is 44.9 Å². The number of benzene rings is 2. The summed E-state index contributed by atoms with van der Waals surface area (Å²) in [6.07, 6.45) is 0.372. The van der Waals surface area contributed by atoms with Gasteiger partial charge in [0.25, 0.3) is 0 Å². The van der Waals surface area contributed by atoms with Gasteiger partial charge >= 0.3 is 0 Å². The minimum absolute atomic E-state index is 0.0889. The molecule has 2 aromatic rings. The molecule has 0 bridgehead atoms. The van der Waals surface area contributed by atoms with Crippen LogP contribution in [0.2, 0.25) is 0 Å². The van der Waals surface area contributed by atoms with E-state index in [1.165, 1.54) is 0 Å². The van der Waals surface area contributed by atoms with E-state index in [0.717, 1.165) is 16.7 Å². The zero-order valence-corrected chi connectivity index (χ0v) is 15.9. The van der Waals surface area contributed by atoms with Crippen LogP contribution in [0.3, 0.4) is 0 Å². The Hall–Kier alpha value is -1.70. The second-order valence-electron chi connectivity index (χ2n) is 6.03. The molecule has 3 nitrogen and oxygen atoms in total. The van der Waals surface area contributed by atoms with E-state index in [0.29, 0.717) is 29.2 Å². The molecule has 0 radical (unpaired) electrons. The summed E-state index contributed by atoms with van der Waals surface area (Å²) in [4.78, 5) is 13.2. The number of ketones is 1. The van der Waals surface area contributed by atoms with Crippen LogP contribution in [0.4, 0.5) is 0 Å². The van der Waals surface area contributed by atoms with Crippen molar-refractivity contribution in [2.75, 3.05) is 12.8 Å². The number of carbonyl (C=O) groups is 1. The molecule has 0 N–H and O–H groups in total. The van der Waals surface area contributed by atoms with E-state index in [-0.39, 0.29) is 5.78 Å². The van der Waals surface area contributed by atoms with Gasteiger partial charge in [-0.1, -0.05) is 42.8 Å². The highest BCUT2D eigenvalue weighted by atomic mass is 31.2. The average molecular weight is 344 g/mol. The predicted octanol–water partition coefficient (Wildman–Crippen LogP) is 4.80. The van der Waals surface area contributed by atoms with Gasteiger partial charge in [-0.15, -0.1) is 0 Å². The van der Waals surface area contributed by atoms with Crippen LogP contribution in [0.15, 0.2) is 36.4 Å². The third-order valence-corrected chi connectivity index (χ3v) is 6.81. The average Bonchev–Trinajstić information content (AvgIpc) is 2.54. The van der Waals surface area contributed by atoms with Gasteiger partial charge in [-0.25, -0.2) is 0 Å². The third-order valence-electron chi connectivity index (χ3n) is 4.17. The van der Waals surface area contributed by atoms with Crippen molar-refractivity contribution in [1.82, 2.24) is 0 Å². The van der Waals surface area contributed by atoms with Gasteiger partial charge in [0, 0.05) is 22.6 Å². The van der Waals surface area contributed by atoms with Gasteiger partial charge in [-0.3, -0.25) is 9.36 Å². The maximum Gasteiger partial charge on any atom is 0.232 e. The highest BCUT2D eigenvalue weighted by Gasteiger charge is 2.29. The summed E-state index contributed by atoms with van der Waals surface area (Å²) in [5.41, 5.74) is 4.17. The van der Waals surface area contributed by atoms with Crippen molar-refractivity contribution in [2.45, 2.75) is 34.6 Å². The summed E-state index contributed by atoms with van der Waals surface area (Å²) in [6.45, 7) is 9.91. The number of hydrogen-bond acceptors (Lipinski definition) is 3. The topological polar surface area (TPSA) is 43.4 Å². The lowest BCUT2D eigenvalue weighted by Crippen LogP contribution is -2.20. The van der Waals surface area contributed by atoms with Crippen LogP contribution in [-0.4, -0.2) is 18.6 Å². The Labute approximate surface area is 144 Å². The standard InChI is InChI=1S/C20H25O3P/c1-6-23-24(22,7-2)18-11-9-8-10-17(18)20(21)19-15(4)12-14(3)13-16(19)5/h8-13H,6-7H2,1-5H3. The zero-order valence-electron chi connectivity index (χ0n) is 15.1. The van der Waals surface area contributed by atoms with E-state index in [1.807, 2.05) is 58.9 Å². The second-order valence-corrected chi connectivity index (χ2v) is 8.75. The molecule has 0 aliphatic heterocycles. The van der Waals surface area contributed by atoms with E-state index >= 15 is 0 Å². The molecule has 0 fully saturated rings. The van der Waals surface area contributed by atoms with Crippen LogP contribution in [-0.2, 0) is 9.09 Å². The molecule has 1 unspecified atom stereocenters. The molecule has 0 amide bonds. The minimum Gasteiger partial charge on any atom is -0.326 e. The van der Waals surface area contributed by atoms with Crippen molar-refractivity contribution in [1.29, 1.82) is 0 Å². The lowest BCUT2D eigenvalue weighted by atomic mass is 9.93. The fraction of sp³-hybridized carbons (Fsp3) is 0.350. The highest BCUT2D eigenvalue weighted by Crippen LogP contribution is 2.46. The van der Waals surface area contributed by atoms with Gasteiger partial charge in [-0.2, -0.15) is 0 Å². The number of aryl methyl sites for hydroxylation is 3. The van der Waals surface area contributed by atoms with Gasteiger partial charge < -0.3 is 4.52 Å². The van der Waals surface area contributed by atoms with Crippen LogP contribution in [0, 0.1) is 20.8 Å². The molecule has 0 spiro atoms. The molecule has 0 aliphatic rings. The highest BCUT2D eigenvalue weighted by molar-refractivity contribution is 7.67. The molecule has 2 rings (SSSR count). The van der Waals surface area contributed by atoms with Crippen molar-refractivity contribution in [3.05, 3.63) is 64.2 Å². The molecule has 0 saturated heterocycles. The maximum absolute atomic E-state index is 13.2. The van der Waals surface area contributed by atoms with Crippen LogP contribution < -0.4 is 5.30 Å². The molecule has 2 aromatic carbocycles. The molecule has 4 heteroatoms. The van der Waals surface area contributed by atoms with Crippen LogP contribution >= 0.6 is 7.37 Å². The second kappa shape index (κ2) is 7.46. The van der Waals surface area contributed by atoms with E-state index in [2.05, 4.69) is 0 Å². The van der Waals surface area contributed by atoms with Gasteiger partial charge in [0.2, 0.25) is 7.37 Å². The first-order valence-electron chi connectivity index (χ1n) is 8.29. The minimum atomic E-state index is -3.03. The van der Waals surface area contributed by atoms with Crippen molar-refractivity contribution >= 4 is 18.5 Å². The lowest BCUT2D eigenvalue weighted by molar-refractivity contribution is 0.103. The molecular formula is C20H25O3P. The normalized spacial score (nSPS) is 13.5. The fourth-order valence-corrected chi connectivity index (χ4v) is 5.11. The third kappa shape index (κ3) is 3.53. The van der Waals surface area contributed by atoms with Crippen molar-refractivity contribution in [3.63, 3.8) is 0 Å². The quantitative estimate of drug-likeness (QED) is 0.558. The molecule has 0 aromatic heterocycles. The summed E-state index contributed by atoms with van der Waals surface area (Å²) in [6, 6.07) is 11.1. The van der Waals surface area contributed by atoms with Crippen LogP contribution in [0.1, 0.15) is 46.5 Å². The summed E-state index contributed by atoms with van der Waals surface area (Å²) in [5, 5.41) is 0.527. The Morgan fingerprint density at radius 1 is 1.04 bits per heavy atom. The number of carbonyl (C=O) groups excluding carboxylic acids is 1. The molecule has 0 heterocycles. The summed E-state index contributed by atoms with van der Waals surface area (Å²) in [7, 11) is -3.03. The van der Waals surface area contributed by atoms with Gasteiger partial charge in [0.15, 0.2) is 5.78 Å². The SMILES string of the molecule is CCOP(=O)(CC)c1ccccc1C(=O)c1c(C)cc(C)cc1C. The Morgan fingerprint density at radius 3 is 2.17 bits per heavy atom. The molecule has 0 aliphatic carbocycles. The smallest absolute Gasteiger partial charge is 0.232 e.